The fourth-order valence-corrected chi connectivity index (χ4v) is 3.22. The molecular weight excluding hydrogens is 432 g/mol. The summed E-state index contributed by atoms with van der Waals surface area (Å²) in [6.45, 7) is 2.11. The lowest BCUT2D eigenvalue weighted by molar-refractivity contribution is 0.0777. The van der Waals surface area contributed by atoms with E-state index in [2.05, 4.69) is 20.9 Å². The fraction of sp³-hybridized carbons (Fsp3) is 0.200. The van der Waals surface area contributed by atoms with Crippen molar-refractivity contribution in [3.05, 3.63) is 69.0 Å². The molecule has 140 valence electrons. The maximum atomic E-state index is 12.9. The fourth-order valence-electron chi connectivity index (χ4n) is 2.69. The van der Waals surface area contributed by atoms with E-state index in [9.17, 15) is 4.79 Å². The topological polar surface area (TPSA) is 55.6 Å². The molecule has 5 nitrogen and oxygen atoms in total. The first-order valence-electron chi connectivity index (χ1n) is 8.20. The Bertz CT molecular complexity index is 970. The van der Waals surface area contributed by atoms with E-state index in [1.807, 2.05) is 18.2 Å². The minimum absolute atomic E-state index is 0.224. The number of carbonyl (C=O) groups excluding carboxylic acids is 1. The van der Waals surface area contributed by atoms with Gasteiger partial charge in [-0.2, -0.15) is 0 Å². The molecule has 0 saturated carbocycles. The van der Waals surface area contributed by atoms with Crippen LogP contribution >= 0.6 is 27.5 Å². The highest BCUT2D eigenvalue weighted by atomic mass is 79.9. The largest absolute Gasteiger partial charge is 0.496 e. The highest BCUT2D eigenvalue weighted by Gasteiger charge is 2.22. The van der Waals surface area contributed by atoms with Gasteiger partial charge >= 0.3 is 0 Å². The van der Waals surface area contributed by atoms with Crippen molar-refractivity contribution in [2.75, 3.05) is 14.2 Å². The minimum atomic E-state index is -0.224. The van der Waals surface area contributed by atoms with Gasteiger partial charge < -0.3 is 14.1 Å². The number of hydrogen-bond donors (Lipinski definition) is 0. The number of amides is 1. The third-order valence-electron chi connectivity index (χ3n) is 4.09. The average Bonchev–Trinajstić information content (AvgIpc) is 3.03. The van der Waals surface area contributed by atoms with Crippen molar-refractivity contribution in [3.8, 4) is 17.2 Å². The number of halogens is 2. The maximum Gasteiger partial charge on any atom is 0.276 e. The molecule has 0 aliphatic carbocycles. The summed E-state index contributed by atoms with van der Waals surface area (Å²) in [4.78, 5) is 18.9. The van der Waals surface area contributed by atoms with Gasteiger partial charge in [0, 0.05) is 34.2 Å². The van der Waals surface area contributed by atoms with Gasteiger partial charge in [0.05, 0.1) is 7.11 Å². The van der Waals surface area contributed by atoms with Crippen LogP contribution in [0.25, 0.3) is 11.5 Å². The third kappa shape index (κ3) is 4.34. The van der Waals surface area contributed by atoms with Crippen molar-refractivity contribution in [3.63, 3.8) is 0 Å². The molecule has 0 atom stereocenters. The van der Waals surface area contributed by atoms with E-state index >= 15 is 0 Å². The van der Waals surface area contributed by atoms with Crippen molar-refractivity contribution in [1.29, 1.82) is 0 Å². The number of hydrogen-bond acceptors (Lipinski definition) is 4. The predicted molar refractivity (Wildman–Crippen MR) is 108 cm³/mol. The van der Waals surface area contributed by atoms with E-state index in [4.69, 9.17) is 20.8 Å². The number of nitrogens with zero attached hydrogens (tertiary/aromatic N) is 2. The van der Waals surface area contributed by atoms with Crippen LogP contribution in [0.2, 0.25) is 5.02 Å². The lowest BCUT2D eigenvalue weighted by atomic mass is 10.2. The highest BCUT2D eigenvalue weighted by molar-refractivity contribution is 9.10. The van der Waals surface area contributed by atoms with Crippen LogP contribution in [0.3, 0.4) is 0 Å². The molecule has 2 aromatic carbocycles. The van der Waals surface area contributed by atoms with Crippen molar-refractivity contribution in [2.24, 2.45) is 0 Å². The Balaban J connectivity index is 1.83. The van der Waals surface area contributed by atoms with Crippen molar-refractivity contribution in [1.82, 2.24) is 9.88 Å². The molecular formula is C20H18BrClN2O3. The number of oxazole rings is 1. The van der Waals surface area contributed by atoms with Gasteiger partial charge in [0.25, 0.3) is 5.91 Å². The second kappa shape index (κ2) is 8.15. The van der Waals surface area contributed by atoms with Crippen LogP contribution in [0.1, 0.15) is 21.8 Å². The van der Waals surface area contributed by atoms with Crippen LogP contribution < -0.4 is 4.74 Å². The summed E-state index contributed by atoms with van der Waals surface area (Å²) in [5, 5.41) is 0.626. The van der Waals surface area contributed by atoms with Gasteiger partial charge in [-0.25, -0.2) is 4.98 Å². The second-order valence-corrected chi connectivity index (χ2v) is 7.40. The molecule has 1 aromatic heterocycles. The van der Waals surface area contributed by atoms with Gasteiger partial charge in [-0.15, -0.1) is 0 Å². The van der Waals surface area contributed by atoms with Crippen LogP contribution in [0.15, 0.2) is 51.4 Å². The standard InChI is InChI=1S/C20H18BrClN2O3/c1-12-18(23-19(27-12)13-4-7-16(22)8-5-13)20(25)24(2)11-14-10-15(21)6-9-17(14)26-3/h4-10H,11H2,1-3H3. The molecule has 0 spiro atoms. The van der Waals surface area contributed by atoms with E-state index in [1.54, 1.807) is 50.2 Å². The molecule has 7 heteroatoms. The summed E-state index contributed by atoms with van der Waals surface area (Å²) >= 11 is 9.36. The van der Waals surface area contributed by atoms with Crippen molar-refractivity contribution < 1.29 is 13.9 Å². The van der Waals surface area contributed by atoms with E-state index in [-0.39, 0.29) is 11.6 Å². The maximum absolute atomic E-state index is 12.9. The number of ether oxygens (including phenoxy) is 1. The molecule has 0 bridgehead atoms. The van der Waals surface area contributed by atoms with Gasteiger partial charge in [-0.3, -0.25) is 4.79 Å². The summed E-state index contributed by atoms with van der Waals surface area (Å²) in [6, 6.07) is 12.8. The van der Waals surface area contributed by atoms with E-state index in [0.717, 1.165) is 21.3 Å². The lowest BCUT2D eigenvalue weighted by Gasteiger charge is -2.18. The monoisotopic (exact) mass is 448 g/mol. The van der Waals surface area contributed by atoms with Crippen LogP contribution in [0.4, 0.5) is 0 Å². The summed E-state index contributed by atoms with van der Waals surface area (Å²) < 4.78 is 12.0. The summed E-state index contributed by atoms with van der Waals surface area (Å²) in [5.41, 5.74) is 1.94. The van der Waals surface area contributed by atoms with E-state index in [1.165, 1.54) is 0 Å². The molecule has 27 heavy (non-hydrogen) atoms. The molecule has 3 rings (SSSR count). The first kappa shape index (κ1) is 19.5. The van der Waals surface area contributed by atoms with Gasteiger partial charge in [0.2, 0.25) is 5.89 Å². The first-order valence-corrected chi connectivity index (χ1v) is 9.37. The number of carbonyl (C=O) groups is 1. The van der Waals surface area contributed by atoms with Gasteiger partial charge in [-0.05, 0) is 49.4 Å². The Kier molecular flexibility index (Phi) is 5.87. The zero-order valence-corrected chi connectivity index (χ0v) is 17.5. The van der Waals surface area contributed by atoms with Crippen LogP contribution in [-0.2, 0) is 6.54 Å². The molecule has 3 aromatic rings. The lowest BCUT2D eigenvalue weighted by Crippen LogP contribution is -2.27. The third-order valence-corrected chi connectivity index (χ3v) is 4.83. The molecule has 0 aliphatic rings. The molecule has 0 unspecified atom stereocenters. The van der Waals surface area contributed by atoms with Crippen molar-refractivity contribution >= 4 is 33.4 Å². The molecule has 1 amide bonds. The SMILES string of the molecule is COc1ccc(Br)cc1CN(C)C(=O)c1nc(-c2ccc(Cl)cc2)oc1C. The Hall–Kier alpha value is -2.31. The van der Waals surface area contributed by atoms with E-state index < -0.39 is 0 Å². The Labute approximate surface area is 171 Å². The summed E-state index contributed by atoms with van der Waals surface area (Å²) in [5.74, 6) is 1.36. The highest BCUT2D eigenvalue weighted by Crippen LogP contribution is 2.26. The van der Waals surface area contributed by atoms with Gasteiger partial charge in [-0.1, -0.05) is 27.5 Å². The molecule has 0 radical (unpaired) electrons. The zero-order valence-electron chi connectivity index (χ0n) is 15.1. The van der Waals surface area contributed by atoms with Crippen LogP contribution in [0, 0.1) is 6.92 Å². The minimum Gasteiger partial charge on any atom is -0.496 e. The smallest absolute Gasteiger partial charge is 0.276 e. The number of rotatable bonds is 5. The number of aryl methyl sites for hydroxylation is 1. The van der Waals surface area contributed by atoms with E-state index in [0.29, 0.717) is 23.2 Å². The number of aromatic nitrogens is 1. The Morgan fingerprint density at radius 1 is 1.26 bits per heavy atom. The van der Waals surface area contributed by atoms with Gasteiger partial charge in [0.1, 0.15) is 11.5 Å². The van der Waals surface area contributed by atoms with Crippen LogP contribution in [0.5, 0.6) is 5.75 Å². The molecule has 0 saturated heterocycles. The summed E-state index contributed by atoms with van der Waals surface area (Å²) in [6.07, 6.45) is 0. The predicted octanol–water partition coefficient (Wildman–Crippen LogP) is 5.35. The quantitative estimate of drug-likeness (QED) is 0.527. The number of methoxy groups -OCH3 is 1. The van der Waals surface area contributed by atoms with Crippen molar-refractivity contribution in [2.45, 2.75) is 13.5 Å². The molecule has 0 aliphatic heterocycles. The molecule has 0 N–H and O–H groups in total. The molecule has 0 fully saturated rings. The normalized spacial score (nSPS) is 10.7. The zero-order chi connectivity index (χ0) is 19.6. The average molecular weight is 450 g/mol. The second-order valence-electron chi connectivity index (χ2n) is 6.05. The summed E-state index contributed by atoms with van der Waals surface area (Å²) in [7, 11) is 3.33. The van der Waals surface area contributed by atoms with Crippen LogP contribution in [-0.4, -0.2) is 29.9 Å². The van der Waals surface area contributed by atoms with Gasteiger partial charge in [0.15, 0.2) is 5.69 Å². The molecule has 1 heterocycles. The number of benzene rings is 2. The Morgan fingerprint density at radius 3 is 2.63 bits per heavy atom. The first-order chi connectivity index (χ1) is 12.9. The Morgan fingerprint density at radius 2 is 1.96 bits per heavy atom.